The number of hydrazine groups is 1. The summed E-state index contributed by atoms with van der Waals surface area (Å²) in [6.45, 7) is 0. The molecule has 6 heteroatoms. The average Bonchev–Trinajstić information content (AvgIpc) is 2.89. The maximum absolute atomic E-state index is 5.79. The van der Waals surface area contributed by atoms with Gasteiger partial charge in [-0.3, -0.25) is 11.3 Å². The van der Waals surface area contributed by atoms with E-state index in [9.17, 15) is 0 Å². The summed E-state index contributed by atoms with van der Waals surface area (Å²) >= 11 is 0. The molecule has 3 N–H and O–H groups in total. The zero-order valence-corrected chi connectivity index (χ0v) is 12.3. The van der Waals surface area contributed by atoms with E-state index in [4.69, 9.17) is 5.84 Å². The number of rotatable bonds is 4. The van der Waals surface area contributed by atoms with Gasteiger partial charge in [-0.2, -0.15) is 4.80 Å². The number of aryl methyl sites for hydroxylation is 1. The van der Waals surface area contributed by atoms with Crippen molar-refractivity contribution in [2.45, 2.75) is 57.4 Å². The highest BCUT2D eigenvalue weighted by molar-refractivity contribution is 4.92. The highest BCUT2D eigenvalue weighted by Gasteiger charge is 2.35. The average molecular weight is 278 g/mol. The molecule has 0 saturated heterocycles. The molecule has 4 unspecified atom stereocenters. The third-order valence-electron chi connectivity index (χ3n) is 5.32. The van der Waals surface area contributed by atoms with Crippen molar-refractivity contribution < 1.29 is 0 Å². The SMILES string of the molecule is Cn1nnc(CC(NN)C2CCC3CCCCC3C2)n1. The van der Waals surface area contributed by atoms with E-state index in [2.05, 4.69) is 20.8 Å². The molecule has 6 nitrogen and oxygen atoms in total. The Morgan fingerprint density at radius 3 is 2.75 bits per heavy atom. The first kappa shape index (κ1) is 13.9. The molecule has 0 spiro atoms. The minimum atomic E-state index is 0.280. The van der Waals surface area contributed by atoms with Gasteiger partial charge in [-0.1, -0.05) is 25.7 Å². The van der Waals surface area contributed by atoms with Crippen molar-refractivity contribution in [1.29, 1.82) is 0 Å². The van der Waals surface area contributed by atoms with Gasteiger partial charge in [0.05, 0.1) is 7.05 Å². The molecule has 2 aliphatic rings. The molecule has 2 aliphatic carbocycles. The minimum Gasteiger partial charge on any atom is -0.271 e. The monoisotopic (exact) mass is 278 g/mol. The summed E-state index contributed by atoms with van der Waals surface area (Å²) in [7, 11) is 1.80. The quantitative estimate of drug-likeness (QED) is 0.638. The smallest absolute Gasteiger partial charge is 0.176 e. The Hall–Kier alpha value is -1.01. The Morgan fingerprint density at radius 1 is 1.25 bits per heavy atom. The third kappa shape index (κ3) is 3.01. The van der Waals surface area contributed by atoms with E-state index >= 15 is 0 Å². The predicted octanol–water partition coefficient (Wildman–Crippen LogP) is 1.19. The number of nitrogens with one attached hydrogen (secondary N) is 1. The van der Waals surface area contributed by atoms with Crippen molar-refractivity contribution in [3.8, 4) is 0 Å². The number of tetrazole rings is 1. The van der Waals surface area contributed by atoms with E-state index in [0.29, 0.717) is 5.92 Å². The predicted molar refractivity (Wildman–Crippen MR) is 76.4 cm³/mol. The molecule has 2 fully saturated rings. The van der Waals surface area contributed by atoms with Crippen LogP contribution in [0.25, 0.3) is 0 Å². The number of nitrogens with zero attached hydrogens (tertiary/aromatic N) is 4. The van der Waals surface area contributed by atoms with Crippen molar-refractivity contribution in [2.24, 2.45) is 30.6 Å². The lowest BCUT2D eigenvalue weighted by Gasteiger charge is -2.41. The first-order valence-electron chi connectivity index (χ1n) is 7.95. The molecule has 3 rings (SSSR count). The van der Waals surface area contributed by atoms with Gasteiger partial charge in [0.2, 0.25) is 0 Å². The summed E-state index contributed by atoms with van der Waals surface area (Å²) in [5.41, 5.74) is 3.01. The van der Waals surface area contributed by atoms with Gasteiger partial charge < -0.3 is 0 Å². The van der Waals surface area contributed by atoms with Crippen molar-refractivity contribution >= 4 is 0 Å². The Kier molecular flexibility index (Phi) is 4.31. The molecule has 112 valence electrons. The number of nitrogens with two attached hydrogens (primary N) is 1. The highest BCUT2D eigenvalue weighted by Crippen LogP contribution is 2.43. The number of hydrogen-bond acceptors (Lipinski definition) is 5. The largest absolute Gasteiger partial charge is 0.271 e. The molecule has 1 aromatic heterocycles. The van der Waals surface area contributed by atoms with Crippen LogP contribution >= 0.6 is 0 Å². The summed E-state index contributed by atoms with van der Waals surface area (Å²) in [6.07, 6.45) is 10.5. The van der Waals surface area contributed by atoms with Gasteiger partial charge in [-0.25, -0.2) is 0 Å². The van der Waals surface area contributed by atoms with E-state index in [1.807, 2.05) is 0 Å². The number of hydrogen-bond donors (Lipinski definition) is 2. The zero-order chi connectivity index (χ0) is 13.9. The van der Waals surface area contributed by atoms with Crippen molar-refractivity contribution in [2.75, 3.05) is 0 Å². The second kappa shape index (κ2) is 6.18. The lowest BCUT2D eigenvalue weighted by molar-refractivity contribution is 0.109. The molecule has 20 heavy (non-hydrogen) atoms. The van der Waals surface area contributed by atoms with Crippen LogP contribution in [-0.2, 0) is 13.5 Å². The lowest BCUT2D eigenvalue weighted by Crippen LogP contribution is -2.45. The molecular weight excluding hydrogens is 252 g/mol. The molecular formula is C14H26N6. The van der Waals surface area contributed by atoms with E-state index in [1.54, 1.807) is 7.05 Å². The first-order valence-corrected chi connectivity index (χ1v) is 7.95. The molecule has 1 heterocycles. The Balaban J connectivity index is 1.61. The maximum atomic E-state index is 5.79. The third-order valence-corrected chi connectivity index (χ3v) is 5.32. The van der Waals surface area contributed by atoms with Crippen LogP contribution in [0.15, 0.2) is 0 Å². The maximum Gasteiger partial charge on any atom is 0.176 e. The lowest BCUT2D eigenvalue weighted by atomic mass is 9.66. The van der Waals surface area contributed by atoms with E-state index in [0.717, 1.165) is 24.1 Å². The molecule has 4 atom stereocenters. The van der Waals surface area contributed by atoms with E-state index in [1.165, 1.54) is 49.7 Å². The molecule has 2 saturated carbocycles. The molecule has 0 aliphatic heterocycles. The minimum absolute atomic E-state index is 0.280. The van der Waals surface area contributed by atoms with Crippen molar-refractivity contribution in [3.05, 3.63) is 5.82 Å². The van der Waals surface area contributed by atoms with Gasteiger partial charge in [-0.05, 0) is 42.2 Å². The van der Waals surface area contributed by atoms with Gasteiger partial charge >= 0.3 is 0 Å². The van der Waals surface area contributed by atoms with E-state index in [-0.39, 0.29) is 6.04 Å². The molecule has 1 aromatic rings. The molecule has 0 radical (unpaired) electrons. The summed E-state index contributed by atoms with van der Waals surface area (Å²) < 4.78 is 0. The number of aromatic nitrogens is 4. The summed E-state index contributed by atoms with van der Waals surface area (Å²) in [5.74, 6) is 9.15. The zero-order valence-electron chi connectivity index (χ0n) is 12.3. The molecule has 0 aromatic carbocycles. The Bertz CT molecular complexity index is 431. The first-order chi connectivity index (χ1) is 9.76. The summed E-state index contributed by atoms with van der Waals surface area (Å²) in [4.78, 5) is 1.51. The topological polar surface area (TPSA) is 81.7 Å². The van der Waals surface area contributed by atoms with Crippen LogP contribution in [-0.4, -0.2) is 26.2 Å². The van der Waals surface area contributed by atoms with Gasteiger partial charge in [-0.15, -0.1) is 10.2 Å². The van der Waals surface area contributed by atoms with Gasteiger partial charge in [0.25, 0.3) is 0 Å². The van der Waals surface area contributed by atoms with Gasteiger partial charge in [0.15, 0.2) is 5.82 Å². The van der Waals surface area contributed by atoms with E-state index < -0.39 is 0 Å². The second-order valence-corrected chi connectivity index (χ2v) is 6.55. The van der Waals surface area contributed by atoms with Gasteiger partial charge in [0, 0.05) is 12.5 Å². The highest BCUT2D eigenvalue weighted by atomic mass is 15.6. The van der Waals surface area contributed by atoms with Crippen LogP contribution in [0, 0.1) is 17.8 Å². The van der Waals surface area contributed by atoms with Gasteiger partial charge in [0.1, 0.15) is 0 Å². The van der Waals surface area contributed by atoms with Crippen LogP contribution < -0.4 is 11.3 Å². The number of fused-ring (bicyclic) bond motifs is 1. The second-order valence-electron chi connectivity index (χ2n) is 6.55. The fraction of sp³-hybridized carbons (Fsp3) is 0.929. The van der Waals surface area contributed by atoms with Crippen molar-refractivity contribution in [3.63, 3.8) is 0 Å². The summed E-state index contributed by atoms with van der Waals surface area (Å²) in [6, 6.07) is 0.280. The van der Waals surface area contributed by atoms with Crippen LogP contribution in [0.4, 0.5) is 0 Å². The van der Waals surface area contributed by atoms with Crippen LogP contribution in [0.1, 0.15) is 50.8 Å². The van der Waals surface area contributed by atoms with Crippen LogP contribution in [0.5, 0.6) is 0 Å². The molecule has 0 amide bonds. The molecule has 0 bridgehead atoms. The normalized spacial score (nSPS) is 31.8. The Labute approximate surface area is 120 Å². The fourth-order valence-corrected chi connectivity index (χ4v) is 4.24. The standard InChI is InChI=1S/C14H26N6/c1-20-18-14(17-19-20)9-13(16-15)12-7-6-10-4-2-3-5-11(10)8-12/h10-13,16H,2-9,15H2,1H3. The van der Waals surface area contributed by atoms with Crippen LogP contribution in [0.2, 0.25) is 0 Å². The Morgan fingerprint density at radius 2 is 2.05 bits per heavy atom. The van der Waals surface area contributed by atoms with Crippen molar-refractivity contribution in [1.82, 2.24) is 25.6 Å². The summed E-state index contributed by atoms with van der Waals surface area (Å²) in [5, 5.41) is 12.3. The van der Waals surface area contributed by atoms with Crippen LogP contribution in [0.3, 0.4) is 0 Å². The fourth-order valence-electron chi connectivity index (χ4n) is 4.24.